The van der Waals surface area contributed by atoms with Gasteiger partial charge < -0.3 is 10.2 Å². The fourth-order valence-electron chi connectivity index (χ4n) is 2.81. The van der Waals surface area contributed by atoms with Crippen molar-refractivity contribution in [3.63, 3.8) is 0 Å². The summed E-state index contributed by atoms with van der Waals surface area (Å²) in [6.45, 7) is 7.74. The lowest BCUT2D eigenvalue weighted by molar-refractivity contribution is 0.172. The van der Waals surface area contributed by atoms with E-state index < -0.39 is 5.82 Å². The Hall–Kier alpha value is -0.510. The molecule has 0 bridgehead atoms. The van der Waals surface area contributed by atoms with Crippen molar-refractivity contribution in [3.8, 4) is 0 Å². The van der Waals surface area contributed by atoms with Gasteiger partial charge in [0.2, 0.25) is 0 Å². The molecule has 20 heavy (non-hydrogen) atoms. The van der Waals surface area contributed by atoms with Gasteiger partial charge in [0.05, 0.1) is 10.0 Å². The first-order valence-electron chi connectivity index (χ1n) is 7.14. The van der Waals surface area contributed by atoms with E-state index in [0.717, 1.165) is 18.8 Å². The summed E-state index contributed by atoms with van der Waals surface area (Å²) in [7, 11) is 0. The molecular formula is C15H21Cl2FN2. The third-order valence-corrected chi connectivity index (χ3v) is 4.62. The largest absolute Gasteiger partial charge is 0.382 e. The van der Waals surface area contributed by atoms with E-state index in [-0.39, 0.29) is 10.0 Å². The highest BCUT2D eigenvalue weighted by Gasteiger charge is 2.24. The molecule has 2 unspecified atom stereocenters. The standard InChI is InChI=1S/C15H21Cl2FN2/c1-3-20-6-4-5-11(9-20)10(2)19-12-7-13(16)15(18)14(17)8-12/h7-8,10-11,19H,3-6,9H2,1-2H3. The molecule has 0 radical (unpaired) electrons. The van der Waals surface area contributed by atoms with E-state index in [1.807, 2.05) is 0 Å². The lowest BCUT2D eigenvalue weighted by Gasteiger charge is -2.35. The molecule has 2 nitrogen and oxygen atoms in total. The van der Waals surface area contributed by atoms with Crippen LogP contribution >= 0.6 is 23.2 Å². The van der Waals surface area contributed by atoms with Gasteiger partial charge in [0.15, 0.2) is 5.82 Å². The molecule has 1 saturated heterocycles. The maximum atomic E-state index is 13.4. The minimum atomic E-state index is -0.554. The van der Waals surface area contributed by atoms with Crippen LogP contribution in [0.4, 0.5) is 10.1 Å². The van der Waals surface area contributed by atoms with Crippen molar-refractivity contribution in [2.45, 2.75) is 32.7 Å². The van der Waals surface area contributed by atoms with E-state index in [9.17, 15) is 4.39 Å². The quantitative estimate of drug-likeness (QED) is 0.812. The third kappa shape index (κ3) is 3.78. The monoisotopic (exact) mass is 318 g/mol. The van der Waals surface area contributed by atoms with Gasteiger partial charge in [0.25, 0.3) is 0 Å². The molecule has 1 fully saturated rings. The molecule has 0 amide bonds. The minimum Gasteiger partial charge on any atom is -0.382 e. The summed E-state index contributed by atoms with van der Waals surface area (Å²) in [5, 5.41) is 3.53. The Morgan fingerprint density at radius 3 is 2.65 bits per heavy atom. The highest BCUT2D eigenvalue weighted by atomic mass is 35.5. The van der Waals surface area contributed by atoms with E-state index >= 15 is 0 Å². The van der Waals surface area contributed by atoms with Crippen LogP contribution in [0.5, 0.6) is 0 Å². The number of benzene rings is 1. The summed E-state index contributed by atoms with van der Waals surface area (Å²) in [5.74, 6) is 0.0349. The van der Waals surface area contributed by atoms with E-state index in [0.29, 0.717) is 12.0 Å². The van der Waals surface area contributed by atoms with Gasteiger partial charge >= 0.3 is 0 Å². The Morgan fingerprint density at radius 1 is 1.40 bits per heavy atom. The van der Waals surface area contributed by atoms with Crippen LogP contribution in [0, 0.1) is 11.7 Å². The number of nitrogens with zero attached hydrogens (tertiary/aromatic N) is 1. The van der Waals surface area contributed by atoms with Crippen molar-refractivity contribution in [1.29, 1.82) is 0 Å². The van der Waals surface area contributed by atoms with E-state index in [1.54, 1.807) is 12.1 Å². The number of halogens is 3. The molecule has 1 heterocycles. The molecule has 1 aliphatic rings. The van der Waals surface area contributed by atoms with Crippen LogP contribution < -0.4 is 5.32 Å². The van der Waals surface area contributed by atoms with Crippen LogP contribution in [-0.2, 0) is 0 Å². The second-order valence-electron chi connectivity index (χ2n) is 5.48. The highest BCUT2D eigenvalue weighted by Crippen LogP contribution is 2.29. The SMILES string of the molecule is CCN1CCCC(C(C)Nc2cc(Cl)c(F)c(Cl)c2)C1. The Labute approximate surface area is 130 Å². The maximum absolute atomic E-state index is 13.4. The van der Waals surface area contributed by atoms with Crippen LogP contribution in [0.1, 0.15) is 26.7 Å². The van der Waals surface area contributed by atoms with Gasteiger partial charge in [-0.05, 0) is 50.9 Å². The number of nitrogens with one attached hydrogen (secondary N) is 1. The fraction of sp³-hybridized carbons (Fsp3) is 0.600. The van der Waals surface area contributed by atoms with Crippen molar-refractivity contribution in [1.82, 2.24) is 4.90 Å². The summed E-state index contributed by atoms with van der Waals surface area (Å²) in [4.78, 5) is 2.47. The number of rotatable bonds is 4. The van der Waals surface area contributed by atoms with Crippen molar-refractivity contribution in [2.75, 3.05) is 25.0 Å². The number of hydrogen-bond acceptors (Lipinski definition) is 2. The molecule has 0 saturated carbocycles. The lowest BCUT2D eigenvalue weighted by Crippen LogP contribution is -2.41. The van der Waals surface area contributed by atoms with E-state index in [1.165, 1.54) is 19.4 Å². The van der Waals surface area contributed by atoms with Crippen LogP contribution in [-0.4, -0.2) is 30.6 Å². The topological polar surface area (TPSA) is 15.3 Å². The van der Waals surface area contributed by atoms with Gasteiger partial charge in [-0.2, -0.15) is 0 Å². The van der Waals surface area contributed by atoms with Crippen LogP contribution in [0.15, 0.2) is 12.1 Å². The smallest absolute Gasteiger partial charge is 0.160 e. The second-order valence-corrected chi connectivity index (χ2v) is 6.30. The molecule has 1 aromatic rings. The Bertz CT molecular complexity index is 444. The van der Waals surface area contributed by atoms with Crippen LogP contribution in [0.2, 0.25) is 10.0 Å². The molecule has 0 spiro atoms. The van der Waals surface area contributed by atoms with Crippen molar-refractivity contribution >= 4 is 28.9 Å². The molecule has 2 atom stereocenters. The van der Waals surface area contributed by atoms with Gasteiger partial charge in [-0.1, -0.05) is 30.1 Å². The van der Waals surface area contributed by atoms with Crippen molar-refractivity contribution in [2.24, 2.45) is 5.92 Å². The zero-order chi connectivity index (χ0) is 14.7. The molecule has 2 rings (SSSR count). The Balaban J connectivity index is 2.02. The number of anilines is 1. The third-order valence-electron chi connectivity index (χ3n) is 4.07. The van der Waals surface area contributed by atoms with Gasteiger partial charge in [0, 0.05) is 18.3 Å². The predicted octanol–water partition coefficient (Wildman–Crippen LogP) is 4.66. The van der Waals surface area contributed by atoms with Crippen molar-refractivity contribution in [3.05, 3.63) is 28.0 Å². The molecule has 0 aliphatic carbocycles. The van der Waals surface area contributed by atoms with Gasteiger partial charge in [-0.15, -0.1) is 0 Å². The normalized spacial score (nSPS) is 21.8. The fourth-order valence-corrected chi connectivity index (χ4v) is 3.29. The molecule has 1 N–H and O–H groups in total. The highest BCUT2D eigenvalue weighted by molar-refractivity contribution is 6.35. The summed E-state index contributed by atoms with van der Waals surface area (Å²) in [6.07, 6.45) is 2.45. The number of likely N-dealkylation sites (tertiary alicyclic amines) is 1. The van der Waals surface area contributed by atoms with Crippen molar-refractivity contribution < 1.29 is 4.39 Å². The molecule has 1 aromatic carbocycles. The summed E-state index contributed by atoms with van der Waals surface area (Å²) >= 11 is 11.7. The number of piperidine rings is 1. The van der Waals surface area contributed by atoms with Gasteiger partial charge in [0.1, 0.15) is 0 Å². The second kappa shape index (κ2) is 6.97. The maximum Gasteiger partial charge on any atom is 0.160 e. The molecule has 0 aromatic heterocycles. The minimum absolute atomic E-state index is 0.0611. The Kier molecular flexibility index (Phi) is 5.53. The summed E-state index contributed by atoms with van der Waals surface area (Å²) < 4.78 is 13.4. The average Bonchev–Trinajstić information content (AvgIpc) is 2.44. The summed E-state index contributed by atoms with van der Waals surface area (Å²) in [6, 6.07) is 3.50. The molecule has 112 valence electrons. The Morgan fingerprint density at radius 2 is 2.05 bits per heavy atom. The zero-order valence-electron chi connectivity index (χ0n) is 11.9. The van der Waals surface area contributed by atoms with Gasteiger partial charge in [-0.25, -0.2) is 4.39 Å². The van der Waals surface area contributed by atoms with E-state index in [2.05, 4.69) is 24.1 Å². The first-order valence-corrected chi connectivity index (χ1v) is 7.90. The summed E-state index contributed by atoms with van der Waals surface area (Å²) in [5.41, 5.74) is 0.780. The molecule has 1 aliphatic heterocycles. The van der Waals surface area contributed by atoms with Crippen LogP contribution in [0.3, 0.4) is 0 Å². The number of hydrogen-bond donors (Lipinski definition) is 1. The lowest BCUT2D eigenvalue weighted by atomic mass is 9.91. The van der Waals surface area contributed by atoms with Crippen LogP contribution in [0.25, 0.3) is 0 Å². The first-order chi connectivity index (χ1) is 9.51. The average molecular weight is 319 g/mol. The molecular weight excluding hydrogens is 298 g/mol. The van der Waals surface area contributed by atoms with E-state index in [4.69, 9.17) is 23.2 Å². The predicted molar refractivity (Wildman–Crippen MR) is 84.3 cm³/mol. The van der Waals surface area contributed by atoms with Gasteiger partial charge in [-0.3, -0.25) is 0 Å². The molecule has 5 heteroatoms. The zero-order valence-corrected chi connectivity index (χ0v) is 13.4. The first kappa shape index (κ1) is 15.9.